The first kappa shape index (κ1) is 15.8. The fraction of sp³-hybridized carbons (Fsp3) is 0.562. The molecule has 1 aromatic rings. The van der Waals surface area contributed by atoms with E-state index in [1.165, 1.54) is 6.26 Å². The normalized spacial score (nSPS) is 22.5. The summed E-state index contributed by atoms with van der Waals surface area (Å²) in [6, 6.07) is 12.4. The van der Waals surface area contributed by atoms with E-state index in [4.69, 9.17) is 5.26 Å². The lowest BCUT2D eigenvalue weighted by atomic mass is 9.93. The molecule has 1 aliphatic carbocycles. The molecule has 0 heterocycles. The van der Waals surface area contributed by atoms with Gasteiger partial charge in [-0.1, -0.05) is 24.6 Å². The average Bonchev–Trinajstić information content (AvgIpc) is 2.48. The first-order chi connectivity index (χ1) is 10.0. The molecule has 0 saturated heterocycles. The van der Waals surface area contributed by atoms with Gasteiger partial charge in [0.2, 0.25) is 0 Å². The second-order valence-corrected chi connectivity index (χ2v) is 8.03. The van der Waals surface area contributed by atoms with Gasteiger partial charge in [-0.15, -0.1) is 0 Å². The molecule has 0 spiro atoms. The Bertz CT molecular complexity index is 592. The maximum absolute atomic E-state index is 11.8. The second kappa shape index (κ2) is 6.95. The highest BCUT2D eigenvalue weighted by atomic mass is 32.2. The third-order valence-electron chi connectivity index (χ3n) is 4.20. The van der Waals surface area contributed by atoms with Crippen molar-refractivity contribution in [1.82, 2.24) is 0 Å². The molecule has 0 aromatic heterocycles. The topological polar surface area (TPSA) is 61.2 Å². The predicted molar refractivity (Wildman–Crippen MR) is 84.9 cm³/mol. The van der Waals surface area contributed by atoms with E-state index >= 15 is 0 Å². The van der Waals surface area contributed by atoms with Crippen molar-refractivity contribution in [1.29, 1.82) is 5.26 Å². The summed E-state index contributed by atoms with van der Waals surface area (Å²) in [5.74, 6) is 0. The summed E-state index contributed by atoms with van der Waals surface area (Å²) in [5.41, 5.74) is 1.08. The summed E-state index contributed by atoms with van der Waals surface area (Å²) in [4.78, 5) is 2.21. The van der Waals surface area contributed by atoms with Crippen LogP contribution >= 0.6 is 0 Å². The summed E-state index contributed by atoms with van der Waals surface area (Å²) in [7, 11) is -2.99. The lowest BCUT2D eigenvalue weighted by Crippen LogP contribution is -2.42. The number of nitriles is 1. The Morgan fingerprint density at radius 1 is 1.29 bits per heavy atom. The van der Waals surface area contributed by atoms with E-state index in [0.717, 1.165) is 24.9 Å². The standard InChI is InChI=1S/C16H22N2O2S/c1-21(19,20)16-10-5-9-15(13-16)18(12-6-11-17)14-7-3-2-4-8-14/h2-4,7-8,15-16H,5-6,9-10,12-13H2,1H3. The number of sulfone groups is 1. The molecule has 0 N–H and O–H groups in total. The van der Waals surface area contributed by atoms with Gasteiger partial charge in [0.25, 0.3) is 0 Å². The van der Waals surface area contributed by atoms with Crippen LogP contribution in [0.25, 0.3) is 0 Å². The highest BCUT2D eigenvalue weighted by molar-refractivity contribution is 7.91. The van der Waals surface area contributed by atoms with Crippen LogP contribution in [0, 0.1) is 11.3 Å². The molecule has 0 aliphatic heterocycles. The van der Waals surface area contributed by atoms with E-state index in [0.29, 0.717) is 19.4 Å². The zero-order valence-corrected chi connectivity index (χ0v) is 13.2. The SMILES string of the molecule is CS(=O)(=O)C1CCCC(N(CCC#N)c2ccccc2)C1. The summed E-state index contributed by atoms with van der Waals surface area (Å²) in [6.07, 6.45) is 5.14. The van der Waals surface area contributed by atoms with Crippen LogP contribution in [0.5, 0.6) is 0 Å². The fourth-order valence-corrected chi connectivity index (χ4v) is 4.27. The molecule has 2 rings (SSSR count). The minimum absolute atomic E-state index is 0.203. The number of rotatable bonds is 5. The zero-order valence-electron chi connectivity index (χ0n) is 12.4. The van der Waals surface area contributed by atoms with E-state index in [-0.39, 0.29) is 11.3 Å². The maximum Gasteiger partial charge on any atom is 0.150 e. The largest absolute Gasteiger partial charge is 0.367 e. The van der Waals surface area contributed by atoms with Crippen molar-refractivity contribution >= 4 is 15.5 Å². The molecular formula is C16H22N2O2S. The third kappa shape index (κ3) is 4.21. The van der Waals surface area contributed by atoms with Gasteiger partial charge in [-0.3, -0.25) is 0 Å². The summed E-state index contributed by atoms with van der Waals surface area (Å²) >= 11 is 0. The number of benzene rings is 1. The fourth-order valence-electron chi connectivity index (χ4n) is 3.10. The van der Waals surface area contributed by atoms with Gasteiger partial charge in [0.1, 0.15) is 9.84 Å². The minimum Gasteiger partial charge on any atom is -0.367 e. The van der Waals surface area contributed by atoms with E-state index < -0.39 is 9.84 Å². The zero-order chi connectivity index (χ0) is 15.3. The molecule has 2 atom stereocenters. The Hall–Kier alpha value is -1.54. The number of hydrogen-bond acceptors (Lipinski definition) is 4. The molecule has 5 heteroatoms. The van der Waals surface area contributed by atoms with Gasteiger partial charge in [-0.25, -0.2) is 8.42 Å². The van der Waals surface area contributed by atoms with Crippen molar-refractivity contribution < 1.29 is 8.42 Å². The molecule has 1 aromatic carbocycles. The van der Waals surface area contributed by atoms with Crippen LogP contribution in [0.3, 0.4) is 0 Å². The molecule has 0 radical (unpaired) electrons. The first-order valence-corrected chi connectivity index (χ1v) is 9.35. The number of hydrogen-bond donors (Lipinski definition) is 0. The summed E-state index contributed by atoms with van der Waals surface area (Å²) in [6.45, 7) is 0.654. The monoisotopic (exact) mass is 306 g/mol. The Kier molecular flexibility index (Phi) is 5.24. The lowest BCUT2D eigenvalue weighted by molar-refractivity contribution is 0.411. The number of para-hydroxylation sites is 1. The third-order valence-corrected chi connectivity index (χ3v) is 5.84. The molecule has 2 unspecified atom stereocenters. The van der Waals surface area contributed by atoms with Gasteiger partial charge < -0.3 is 4.90 Å². The Morgan fingerprint density at radius 2 is 2.00 bits per heavy atom. The first-order valence-electron chi connectivity index (χ1n) is 7.40. The second-order valence-electron chi connectivity index (χ2n) is 5.71. The van der Waals surface area contributed by atoms with E-state index in [9.17, 15) is 8.42 Å². The quantitative estimate of drug-likeness (QED) is 0.839. The van der Waals surface area contributed by atoms with Gasteiger partial charge in [0.15, 0.2) is 0 Å². The van der Waals surface area contributed by atoms with Gasteiger partial charge >= 0.3 is 0 Å². The highest BCUT2D eigenvalue weighted by Crippen LogP contribution is 2.30. The molecule has 114 valence electrons. The molecule has 1 fully saturated rings. The van der Waals surface area contributed by atoms with E-state index in [1.54, 1.807) is 0 Å². The summed E-state index contributed by atoms with van der Waals surface area (Å²) in [5, 5.41) is 8.62. The molecule has 1 aliphatic rings. The van der Waals surface area contributed by atoms with Gasteiger partial charge in [0.05, 0.1) is 17.7 Å². The molecular weight excluding hydrogens is 284 g/mol. The van der Waals surface area contributed by atoms with Crippen molar-refractivity contribution in [3.8, 4) is 6.07 Å². The van der Waals surface area contributed by atoms with Gasteiger partial charge in [0, 0.05) is 24.5 Å². The predicted octanol–water partition coefficient (Wildman–Crippen LogP) is 2.76. The van der Waals surface area contributed by atoms with Crippen LogP contribution in [-0.4, -0.2) is 32.5 Å². The summed E-state index contributed by atoms with van der Waals surface area (Å²) < 4.78 is 23.7. The van der Waals surface area contributed by atoms with E-state index in [2.05, 4.69) is 11.0 Å². The number of anilines is 1. The Morgan fingerprint density at radius 3 is 2.62 bits per heavy atom. The highest BCUT2D eigenvalue weighted by Gasteiger charge is 2.31. The molecule has 21 heavy (non-hydrogen) atoms. The van der Waals surface area contributed by atoms with Crippen LogP contribution in [0.4, 0.5) is 5.69 Å². The van der Waals surface area contributed by atoms with Crippen molar-refractivity contribution in [3.05, 3.63) is 30.3 Å². The smallest absolute Gasteiger partial charge is 0.150 e. The van der Waals surface area contributed by atoms with Crippen LogP contribution in [0.2, 0.25) is 0 Å². The van der Waals surface area contributed by atoms with E-state index in [1.807, 2.05) is 30.3 Å². The molecule has 1 saturated carbocycles. The molecule has 4 nitrogen and oxygen atoms in total. The average molecular weight is 306 g/mol. The number of nitrogens with zero attached hydrogens (tertiary/aromatic N) is 2. The van der Waals surface area contributed by atoms with Gasteiger partial charge in [-0.2, -0.15) is 5.26 Å². The van der Waals surface area contributed by atoms with Crippen molar-refractivity contribution in [2.45, 2.75) is 43.4 Å². The van der Waals surface area contributed by atoms with Crippen LogP contribution < -0.4 is 4.90 Å². The lowest BCUT2D eigenvalue weighted by Gasteiger charge is -2.38. The van der Waals surface area contributed by atoms with Crippen LogP contribution in [0.15, 0.2) is 30.3 Å². The molecule has 0 bridgehead atoms. The van der Waals surface area contributed by atoms with Crippen molar-refractivity contribution in [3.63, 3.8) is 0 Å². The molecule has 0 amide bonds. The minimum atomic E-state index is -2.99. The van der Waals surface area contributed by atoms with Crippen molar-refractivity contribution in [2.24, 2.45) is 0 Å². The van der Waals surface area contributed by atoms with Crippen LogP contribution in [-0.2, 0) is 9.84 Å². The van der Waals surface area contributed by atoms with Crippen molar-refractivity contribution in [2.75, 3.05) is 17.7 Å². The Balaban J connectivity index is 2.19. The Labute approximate surface area is 127 Å². The maximum atomic E-state index is 11.8. The van der Waals surface area contributed by atoms with Crippen LogP contribution in [0.1, 0.15) is 32.1 Å². The van der Waals surface area contributed by atoms with Gasteiger partial charge in [-0.05, 0) is 31.4 Å².